The van der Waals surface area contributed by atoms with E-state index in [0.29, 0.717) is 0 Å². The van der Waals surface area contributed by atoms with Crippen molar-refractivity contribution in [1.29, 1.82) is 0 Å². The molecule has 0 saturated heterocycles. The fraction of sp³-hybridized carbons (Fsp3) is 0.643. The molecule has 0 unspecified atom stereocenters. The summed E-state index contributed by atoms with van der Waals surface area (Å²) >= 11 is 0. The third-order valence-electron chi connectivity index (χ3n) is 2.23. The molecule has 0 fully saturated rings. The second-order valence-corrected chi connectivity index (χ2v) is 3.70. The Bertz CT molecular complexity index is 142. The van der Waals surface area contributed by atoms with Gasteiger partial charge in [-0.2, -0.15) is 0 Å². The molecular formula is C14H25. The van der Waals surface area contributed by atoms with Gasteiger partial charge in [0.05, 0.1) is 0 Å². The summed E-state index contributed by atoms with van der Waals surface area (Å²) in [5, 5.41) is 0. The van der Waals surface area contributed by atoms with Gasteiger partial charge < -0.3 is 0 Å². The lowest BCUT2D eigenvalue weighted by atomic mass is 10.1. The van der Waals surface area contributed by atoms with Gasteiger partial charge in [-0.15, -0.1) is 0 Å². The Hall–Kier alpha value is -0.520. The molecule has 0 rings (SSSR count). The Morgan fingerprint density at radius 3 is 2.07 bits per heavy atom. The van der Waals surface area contributed by atoms with Crippen molar-refractivity contribution in [3.63, 3.8) is 0 Å². The van der Waals surface area contributed by atoms with Crippen LogP contribution in [0.2, 0.25) is 0 Å². The molecule has 0 aromatic carbocycles. The van der Waals surface area contributed by atoms with E-state index >= 15 is 0 Å². The molecule has 0 aliphatic heterocycles. The fourth-order valence-electron chi connectivity index (χ4n) is 1.30. The summed E-state index contributed by atoms with van der Waals surface area (Å²) in [7, 11) is 0. The van der Waals surface area contributed by atoms with Crippen molar-refractivity contribution in [3.8, 4) is 0 Å². The molecule has 0 saturated carbocycles. The lowest BCUT2D eigenvalue weighted by Gasteiger charge is -1.93. The van der Waals surface area contributed by atoms with Crippen LogP contribution in [0, 0.1) is 6.92 Å². The Balaban J connectivity index is 3.14. The van der Waals surface area contributed by atoms with E-state index in [0.717, 1.165) is 6.42 Å². The Morgan fingerprint density at radius 2 is 1.50 bits per heavy atom. The lowest BCUT2D eigenvalue weighted by molar-refractivity contribution is 0.674. The van der Waals surface area contributed by atoms with Gasteiger partial charge in [-0.25, -0.2) is 0 Å². The monoisotopic (exact) mass is 193 g/mol. The minimum atomic E-state index is 1.05. The zero-order chi connectivity index (χ0) is 10.5. The van der Waals surface area contributed by atoms with E-state index in [2.05, 4.69) is 38.2 Å². The first kappa shape index (κ1) is 13.5. The minimum absolute atomic E-state index is 1.05. The highest BCUT2D eigenvalue weighted by molar-refractivity contribution is 5.02. The molecule has 0 aromatic rings. The molecule has 0 nitrogen and oxygen atoms in total. The van der Waals surface area contributed by atoms with Crippen LogP contribution in [0.3, 0.4) is 0 Å². The van der Waals surface area contributed by atoms with Crippen molar-refractivity contribution in [2.75, 3.05) is 0 Å². The van der Waals surface area contributed by atoms with Gasteiger partial charge >= 0.3 is 0 Å². The average molecular weight is 193 g/mol. The molecule has 0 heterocycles. The summed E-state index contributed by atoms with van der Waals surface area (Å²) in [5.74, 6) is 0. The van der Waals surface area contributed by atoms with E-state index in [1.807, 2.05) is 0 Å². The molecular weight excluding hydrogens is 168 g/mol. The van der Waals surface area contributed by atoms with Crippen LogP contribution in [-0.4, -0.2) is 0 Å². The molecule has 0 heteroatoms. The summed E-state index contributed by atoms with van der Waals surface area (Å²) < 4.78 is 0. The first-order valence-electron chi connectivity index (χ1n) is 6.02. The van der Waals surface area contributed by atoms with Crippen molar-refractivity contribution in [2.24, 2.45) is 0 Å². The van der Waals surface area contributed by atoms with E-state index in [1.165, 1.54) is 44.9 Å². The van der Waals surface area contributed by atoms with Crippen molar-refractivity contribution >= 4 is 0 Å². The number of allylic oxidation sites excluding steroid dienone is 4. The van der Waals surface area contributed by atoms with Crippen LogP contribution in [0.1, 0.15) is 58.3 Å². The van der Waals surface area contributed by atoms with Crippen LogP contribution < -0.4 is 0 Å². The van der Waals surface area contributed by atoms with Gasteiger partial charge in [-0.1, -0.05) is 63.8 Å². The van der Waals surface area contributed by atoms with E-state index in [-0.39, 0.29) is 0 Å². The van der Waals surface area contributed by atoms with E-state index in [4.69, 9.17) is 0 Å². The zero-order valence-corrected chi connectivity index (χ0v) is 9.67. The summed E-state index contributed by atoms with van der Waals surface area (Å²) in [6.07, 6.45) is 18.9. The van der Waals surface area contributed by atoms with Gasteiger partial charge in [-0.05, 0) is 25.7 Å². The van der Waals surface area contributed by atoms with Crippen molar-refractivity contribution in [1.82, 2.24) is 0 Å². The summed E-state index contributed by atoms with van der Waals surface area (Å²) in [4.78, 5) is 0. The SMILES string of the molecule is [CH2]CCCC=CC=CCCCCCC. The summed E-state index contributed by atoms with van der Waals surface area (Å²) in [6, 6.07) is 0. The standard InChI is InChI=1S/C14H25/c1-3-5-7-9-11-13-14-12-10-8-6-4-2/h9,11,13-14H,1,3-8,10,12H2,2H3. The van der Waals surface area contributed by atoms with Gasteiger partial charge in [-0.3, -0.25) is 0 Å². The molecule has 81 valence electrons. The normalized spacial score (nSPS) is 11.9. The van der Waals surface area contributed by atoms with Crippen LogP contribution in [0.4, 0.5) is 0 Å². The molecule has 0 atom stereocenters. The van der Waals surface area contributed by atoms with Crippen molar-refractivity contribution in [3.05, 3.63) is 31.2 Å². The lowest BCUT2D eigenvalue weighted by Crippen LogP contribution is -1.73. The molecule has 0 N–H and O–H groups in total. The van der Waals surface area contributed by atoms with Crippen LogP contribution in [-0.2, 0) is 0 Å². The van der Waals surface area contributed by atoms with Crippen LogP contribution in [0.15, 0.2) is 24.3 Å². The molecule has 0 bridgehead atoms. The highest BCUT2D eigenvalue weighted by Gasteiger charge is 1.83. The fourth-order valence-corrected chi connectivity index (χ4v) is 1.30. The zero-order valence-electron chi connectivity index (χ0n) is 9.67. The van der Waals surface area contributed by atoms with Crippen molar-refractivity contribution in [2.45, 2.75) is 58.3 Å². The van der Waals surface area contributed by atoms with Crippen LogP contribution in [0.25, 0.3) is 0 Å². The summed E-state index contributed by atoms with van der Waals surface area (Å²) in [5.41, 5.74) is 0. The number of hydrogen-bond acceptors (Lipinski definition) is 0. The Labute approximate surface area is 90.1 Å². The van der Waals surface area contributed by atoms with Gasteiger partial charge in [0.1, 0.15) is 0 Å². The number of hydrogen-bond donors (Lipinski definition) is 0. The largest absolute Gasteiger partial charge is 0.0845 e. The van der Waals surface area contributed by atoms with E-state index in [9.17, 15) is 0 Å². The number of unbranched alkanes of at least 4 members (excludes halogenated alkanes) is 6. The van der Waals surface area contributed by atoms with Gasteiger partial charge in [0.2, 0.25) is 0 Å². The first-order chi connectivity index (χ1) is 6.91. The maximum Gasteiger partial charge on any atom is -0.0348 e. The van der Waals surface area contributed by atoms with Gasteiger partial charge in [0.15, 0.2) is 0 Å². The predicted octanol–water partition coefficient (Wildman–Crippen LogP) is 5.07. The quantitative estimate of drug-likeness (QED) is 0.354. The van der Waals surface area contributed by atoms with Crippen molar-refractivity contribution < 1.29 is 0 Å². The molecule has 0 amide bonds. The maximum absolute atomic E-state index is 3.81. The third kappa shape index (κ3) is 11.5. The average Bonchev–Trinajstić information content (AvgIpc) is 2.21. The topological polar surface area (TPSA) is 0 Å². The van der Waals surface area contributed by atoms with Crippen LogP contribution in [0.5, 0.6) is 0 Å². The second kappa shape index (κ2) is 12.5. The maximum atomic E-state index is 3.81. The van der Waals surface area contributed by atoms with E-state index in [1.54, 1.807) is 0 Å². The van der Waals surface area contributed by atoms with Crippen LogP contribution >= 0.6 is 0 Å². The van der Waals surface area contributed by atoms with Gasteiger partial charge in [0, 0.05) is 0 Å². The third-order valence-corrected chi connectivity index (χ3v) is 2.23. The smallest absolute Gasteiger partial charge is 0.0348 e. The molecule has 14 heavy (non-hydrogen) atoms. The Morgan fingerprint density at radius 1 is 0.857 bits per heavy atom. The molecule has 0 spiro atoms. The number of rotatable bonds is 9. The second-order valence-electron chi connectivity index (χ2n) is 3.70. The molecule has 0 aliphatic rings. The molecule has 0 aromatic heterocycles. The predicted molar refractivity (Wildman–Crippen MR) is 66.2 cm³/mol. The van der Waals surface area contributed by atoms with E-state index < -0.39 is 0 Å². The first-order valence-corrected chi connectivity index (χ1v) is 6.02. The highest BCUT2D eigenvalue weighted by atomic mass is 13.9. The Kier molecular flexibility index (Phi) is 12.0. The highest BCUT2D eigenvalue weighted by Crippen LogP contribution is 2.03. The molecule has 1 radical (unpaired) electrons. The van der Waals surface area contributed by atoms with Gasteiger partial charge in [0.25, 0.3) is 0 Å². The summed E-state index contributed by atoms with van der Waals surface area (Å²) in [6.45, 7) is 6.06. The molecule has 0 aliphatic carbocycles. The minimum Gasteiger partial charge on any atom is -0.0845 e.